The number of rotatable bonds is 26. The molecule has 0 radical (unpaired) electrons. The minimum atomic E-state index is -1.37. The lowest BCUT2D eigenvalue weighted by Crippen LogP contribution is -2.62. The van der Waals surface area contributed by atoms with Crippen LogP contribution in [-0.2, 0) is 52.8 Å². The average Bonchev–Trinajstić information content (AvgIpc) is 4.11. The van der Waals surface area contributed by atoms with Crippen molar-refractivity contribution in [3.05, 3.63) is 108 Å². The van der Waals surface area contributed by atoms with Gasteiger partial charge in [-0.15, -0.1) is 0 Å². The number of nitrogens with two attached hydrogens (primary N) is 2. The molecule has 21 nitrogen and oxygen atoms in total. The molecule has 3 heterocycles. The molecule has 7 atom stereocenters. The van der Waals surface area contributed by atoms with Gasteiger partial charge in [-0.3, -0.25) is 34.2 Å². The third-order valence-corrected chi connectivity index (χ3v) is 13.3. The highest BCUT2D eigenvalue weighted by molar-refractivity contribution is 5.98. The largest absolute Gasteiger partial charge is 0.480 e. The molecule has 0 spiro atoms. The van der Waals surface area contributed by atoms with Crippen LogP contribution < -0.4 is 48.7 Å². The molecule has 0 aliphatic carbocycles. The summed E-state index contributed by atoms with van der Waals surface area (Å²) in [5.74, 6) is -7.22. The Labute approximate surface area is 434 Å². The molecule has 0 bridgehead atoms. The number of carbonyl (C=O) groups excluding carboxylic acids is 6. The van der Waals surface area contributed by atoms with Crippen molar-refractivity contribution in [1.29, 1.82) is 5.41 Å². The van der Waals surface area contributed by atoms with E-state index in [4.69, 9.17) is 16.9 Å². The summed E-state index contributed by atoms with van der Waals surface area (Å²) >= 11 is 0. The molecule has 6 rings (SSSR count). The van der Waals surface area contributed by atoms with Crippen LogP contribution in [0.2, 0.25) is 0 Å². The summed E-state index contributed by atoms with van der Waals surface area (Å²) in [6.45, 7) is 10.6. The number of carbonyl (C=O) groups is 7. The second kappa shape index (κ2) is 25.6. The van der Waals surface area contributed by atoms with Crippen LogP contribution in [0.5, 0.6) is 0 Å². The molecule has 3 aromatic carbocycles. The number of guanidine groups is 1. The number of hydrogen-bond acceptors (Lipinski definition) is 9. The minimum Gasteiger partial charge on any atom is -0.480 e. The molecule has 0 saturated carbocycles. The number of hydrogen-bond donors (Lipinski definition) is 14. The van der Waals surface area contributed by atoms with Crippen molar-refractivity contribution >= 4 is 80.1 Å². The number of aliphatic carboxylic acids is 1. The van der Waals surface area contributed by atoms with Crippen molar-refractivity contribution in [2.75, 3.05) is 6.54 Å². The highest BCUT2D eigenvalue weighted by atomic mass is 16.4. The fourth-order valence-electron chi connectivity index (χ4n) is 9.01. The second-order valence-electron chi connectivity index (χ2n) is 20.0. The number of aromatic amines is 3. The first kappa shape index (κ1) is 56.1. The first-order valence-electron chi connectivity index (χ1n) is 25.3. The lowest BCUT2D eigenvalue weighted by molar-refractivity contribution is -0.142. The Bertz CT molecular complexity index is 2990. The number of amides is 6. The summed E-state index contributed by atoms with van der Waals surface area (Å²) in [5.41, 5.74) is 16.1. The van der Waals surface area contributed by atoms with Crippen molar-refractivity contribution in [2.45, 2.75) is 116 Å². The van der Waals surface area contributed by atoms with E-state index in [1.54, 1.807) is 60.1 Å². The van der Waals surface area contributed by atoms with Crippen molar-refractivity contribution in [3.63, 3.8) is 0 Å². The van der Waals surface area contributed by atoms with Gasteiger partial charge in [0.25, 0.3) is 0 Å². The van der Waals surface area contributed by atoms with E-state index in [0.717, 1.165) is 38.3 Å². The van der Waals surface area contributed by atoms with E-state index < -0.39 is 101 Å². The maximum absolute atomic E-state index is 14.4. The van der Waals surface area contributed by atoms with E-state index in [0.29, 0.717) is 24.1 Å². The lowest BCUT2D eigenvalue weighted by Gasteiger charge is -2.31. The van der Waals surface area contributed by atoms with Crippen LogP contribution in [0.1, 0.15) is 71.1 Å². The van der Waals surface area contributed by atoms with Crippen LogP contribution in [-0.4, -0.2) is 116 Å². The molecule has 0 aliphatic rings. The molecule has 3 aromatic heterocycles. The molecule has 0 aliphatic heterocycles. The molecule has 16 N–H and O–H groups in total. The molecule has 0 saturated heterocycles. The number of fused-ring (bicyclic) bond motifs is 3. The van der Waals surface area contributed by atoms with Crippen LogP contribution in [0, 0.1) is 23.2 Å². The van der Waals surface area contributed by atoms with Crippen molar-refractivity contribution < 1.29 is 38.7 Å². The van der Waals surface area contributed by atoms with Crippen LogP contribution in [0.4, 0.5) is 0 Å². The Kier molecular flexibility index (Phi) is 19.2. The van der Waals surface area contributed by atoms with E-state index in [2.05, 4.69) is 52.2 Å². The topological polar surface area (TPSA) is 347 Å². The van der Waals surface area contributed by atoms with Crippen molar-refractivity contribution in [3.8, 4) is 0 Å². The number of benzene rings is 3. The third kappa shape index (κ3) is 14.7. The third-order valence-electron chi connectivity index (χ3n) is 13.3. The number of carboxylic acid groups (broad SMARTS) is 1. The lowest BCUT2D eigenvalue weighted by atomic mass is 9.97. The number of para-hydroxylation sites is 3. The predicted octanol–water partition coefficient (Wildman–Crippen LogP) is 2.71. The van der Waals surface area contributed by atoms with Gasteiger partial charge in [0.05, 0.1) is 6.04 Å². The summed E-state index contributed by atoms with van der Waals surface area (Å²) < 4.78 is 0. The quantitative estimate of drug-likeness (QED) is 0.0213. The van der Waals surface area contributed by atoms with Gasteiger partial charge in [-0.2, -0.15) is 0 Å². The van der Waals surface area contributed by atoms with Crippen LogP contribution >= 0.6 is 0 Å². The van der Waals surface area contributed by atoms with E-state index in [1.807, 2.05) is 72.8 Å². The van der Waals surface area contributed by atoms with Gasteiger partial charge in [0.2, 0.25) is 35.4 Å². The number of aromatic nitrogens is 3. The molecular weight excluding hydrogens is 959 g/mol. The van der Waals surface area contributed by atoms with E-state index in [1.165, 1.54) is 0 Å². The molecule has 6 amide bonds. The zero-order chi connectivity index (χ0) is 54.5. The first-order chi connectivity index (χ1) is 35.7. The Morgan fingerprint density at radius 3 is 1.23 bits per heavy atom. The van der Waals surface area contributed by atoms with Crippen LogP contribution in [0.15, 0.2) is 91.4 Å². The molecule has 0 fully saturated rings. The zero-order valence-corrected chi connectivity index (χ0v) is 43.1. The number of carboxylic acids is 1. The Morgan fingerprint density at radius 1 is 0.507 bits per heavy atom. The summed E-state index contributed by atoms with van der Waals surface area (Å²) in [6, 6.07) is 13.8. The minimum absolute atomic E-state index is 0.0359. The van der Waals surface area contributed by atoms with Gasteiger partial charge in [-0.05, 0) is 65.5 Å². The van der Waals surface area contributed by atoms with Crippen LogP contribution in [0.3, 0.4) is 0 Å². The summed E-state index contributed by atoms with van der Waals surface area (Å²) in [4.78, 5) is 107. The fraction of sp³-hybridized carbons (Fsp3) is 0.407. The second-order valence-corrected chi connectivity index (χ2v) is 20.0. The summed E-state index contributed by atoms with van der Waals surface area (Å²) in [5, 5.41) is 39.4. The van der Waals surface area contributed by atoms with Gasteiger partial charge >= 0.3 is 5.97 Å². The van der Waals surface area contributed by atoms with Gasteiger partial charge in [0, 0.05) is 77.1 Å². The molecule has 0 unspecified atom stereocenters. The number of H-pyrrole nitrogens is 3. The van der Waals surface area contributed by atoms with Gasteiger partial charge in [0.15, 0.2) is 5.96 Å². The van der Waals surface area contributed by atoms with Gasteiger partial charge < -0.3 is 68.7 Å². The monoisotopic (exact) mass is 1030 g/mol. The molecule has 400 valence electrons. The smallest absolute Gasteiger partial charge is 0.326 e. The molecule has 75 heavy (non-hydrogen) atoms. The van der Waals surface area contributed by atoms with Crippen molar-refractivity contribution in [1.82, 2.24) is 52.2 Å². The maximum Gasteiger partial charge on any atom is 0.326 e. The van der Waals surface area contributed by atoms with Gasteiger partial charge in [0.1, 0.15) is 36.3 Å². The van der Waals surface area contributed by atoms with E-state index >= 15 is 0 Å². The molecule has 21 heteroatoms. The summed E-state index contributed by atoms with van der Waals surface area (Å²) in [7, 11) is 0. The van der Waals surface area contributed by atoms with E-state index in [-0.39, 0.29) is 31.6 Å². The Hall–Kier alpha value is -8.20. The predicted molar refractivity (Wildman–Crippen MR) is 287 cm³/mol. The Balaban J connectivity index is 1.17. The summed E-state index contributed by atoms with van der Waals surface area (Å²) in [6.07, 6.45) is 5.76. The van der Waals surface area contributed by atoms with Crippen LogP contribution in [0.25, 0.3) is 32.7 Å². The fourth-order valence-corrected chi connectivity index (χ4v) is 9.01. The van der Waals surface area contributed by atoms with Crippen molar-refractivity contribution in [2.24, 2.45) is 29.2 Å². The molecule has 6 aromatic rings. The standard InChI is InChI=1S/C54H71N13O8/c1-28(2)44(50(71)63-41(22-31-25-59-38-18-10-7-14-34(31)38)48(69)64-43(53(74)75)24-33-27-61-40-20-12-9-16-36(33)40)66-52(73)46(30(5)6)67-51(72)45(29(3)4)65-49(70)42(23-32-26-60-39-19-11-8-15-35(32)39)62-47(68)37(55)17-13-21-58-54(56)57/h7-12,14-16,18-20,25-30,37,41-46,59-61H,13,17,21-24,55H2,1-6H3,(H,62,68)(H,63,71)(H,64,69)(H,65,70)(H,66,73)(H,67,72)(H,74,75)(H4,56,57,58)/t37-,41-,42-,43-,44-,45-,46-/m0/s1. The normalized spacial score (nSPS) is 14.4. The Morgan fingerprint density at radius 2 is 0.840 bits per heavy atom. The first-order valence-corrected chi connectivity index (χ1v) is 25.3. The highest BCUT2D eigenvalue weighted by Crippen LogP contribution is 2.23. The van der Waals surface area contributed by atoms with Gasteiger partial charge in [-0.25, -0.2) is 4.79 Å². The van der Waals surface area contributed by atoms with E-state index in [9.17, 15) is 38.7 Å². The average molecular weight is 1030 g/mol. The zero-order valence-electron chi connectivity index (χ0n) is 43.1. The number of nitrogens with one attached hydrogen (secondary N) is 11. The SMILES string of the molecule is CC(C)[C@H](NC(=O)[C@H](Cc1c[nH]c2ccccc12)NC(=O)[C@@H](N)CCCNC(=N)N)C(=O)N[C@H](C(=O)N[C@H](C(=O)N[C@@H](Cc1c[nH]c2ccccc12)C(=O)N[C@@H](Cc1c[nH]c2ccccc12)C(=O)O)C(C)C)C(C)C. The molecular formula is C54H71N13O8. The maximum atomic E-state index is 14.4. The van der Waals surface area contributed by atoms with Gasteiger partial charge in [-0.1, -0.05) is 96.1 Å². The highest BCUT2D eigenvalue weighted by Gasteiger charge is 2.37.